The van der Waals surface area contributed by atoms with Crippen LogP contribution in [-0.4, -0.2) is 10.7 Å². The van der Waals surface area contributed by atoms with Crippen LogP contribution in [0.25, 0.3) is 0 Å². The number of rotatable bonds is 2. The zero-order valence-electron chi connectivity index (χ0n) is 13.9. The highest BCUT2D eigenvalue weighted by molar-refractivity contribution is 6.01. The lowest BCUT2D eigenvalue weighted by molar-refractivity contribution is -0.385. The second-order valence-electron chi connectivity index (χ2n) is 7.03. The lowest BCUT2D eigenvalue weighted by Gasteiger charge is -2.37. The second kappa shape index (κ2) is 5.74. The van der Waals surface area contributed by atoms with Gasteiger partial charge in [-0.1, -0.05) is 26.0 Å². The van der Waals surface area contributed by atoms with Crippen molar-refractivity contribution in [2.45, 2.75) is 32.8 Å². The van der Waals surface area contributed by atoms with Crippen LogP contribution < -0.4 is 5.73 Å². The largest absolute Gasteiger partial charge is 0.484 e. The minimum absolute atomic E-state index is 0.100. The normalized spacial score (nSPS) is 22.1. The molecule has 1 aromatic carbocycles. The fourth-order valence-electron chi connectivity index (χ4n) is 3.30. The van der Waals surface area contributed by atoms with E-state index in [0.29, 0.717) is 24.2 Å². The van der Waals surface area contributed by atoms with Crippen LogP contribution in [0.5, 0.6) is 0 Å². The highest BCUT2D eigenvalue weighted by Crippen LogP contribution is 2.46. The third-order valence-corrected chi connectivity index (χ3v) is 4.42. The first-order valence-electron chi connectivity index (χ1n) is 7.81. The average molecular weight is 339 g/mol. The van der Waals surface area contributed by atoms with Crippen LogP contribution in [-0.2, 0) is 9.53 Å². The average Bonchev–Trinajstić information content (AvgIpc) is 2.53. The standard InChI is InChI=1S/C18H17N3O4/c1-18(2)7-13(22)15-14(8-18)25-17(12(9-19)16(15)20)10-4-3-5-11(6-10)21(23)24/h3-6,17H,7-8,20H2,1-2H3/t17-/m1/s1. The first-order chi connectivity index (χ1) is 11.7. The first-order valence-corrected chi connectivity index (χ1v) is 7.81. The van der Waals surface area contributed by atoms with Gasteiger partial charge in [0.1, 0.15) is 11.8 Å². The molecule has 1 aliphatic heterocycles. The van der Waals surface area contributed by atoms with Crippen LogP contribution in [0.1, 0.15) is 38.4 Å². The molecule has 1 aliphatic carbocycles. The van der Waals surface area contributed by atoms with Gasteiger partial charge in [-0.2, -0.15) is 5.26 Å². The van der Waals surface area contributed by atoms with E-state index in [1.54, 1.807) is 6.07 Å². The topological polar surface area (TPSA) is 119 Å². The highest BCUT2D eigenvalue weighted by Gasteiger charge is 2.41. The number of hydrogen-bond acceptors (Lipinski definition) is 6. The Morgan fingerprint density at radius 2 is 2.12 bits per heavy atom. The zero-order chi connectivity index (χ0) is 18.4. The van der Waals surface area contributed by atoms with Gasteiger partial charge >= 0.3 is 0 Å². The lowest BCUT2D eigenvalue weighted by Crippen LogP contribution is -2.33. The monoisotopic (exact) mass is 339 g/mol. The Hall–Kier alpha value is -3.14. The number of Topliss-reactive ketones (excluding diaryl/α,β-unsaturated/α-hetero) is 1. The summed E-state index contributed by atoms with van der Waals surface area (Å²) in [6.45, 7) is 3.92. The van der Waals surface area contributed by atoms with E-state index in [-0.39, 0.29) is 33.7 Å². The van der Waals surface area contributed by atoms with E-state index >= 15 is 0 Å². The van der Waals surface area contributed by atoms with Crippen molar-refractivity contribution in [3.63, 3.8) is 0 Å². The van der Waals surface area contributed by atoms with Gasteiger partial charge in [0, 0.05) is 30.5 Å². The van der Waals surface area contributed by atoms with E-state index in [2.05, 4.69) is 0 Å². The molecule has 0 radical (unpaired) electrons. The van der Waals surface area contributed by atoms with Crippen molar-refractivity contribution in [2.24, 2.45) is 11.1 Å². The molecule has 0 amide bonds. The predicted octanol–water partition coefficient (Wildman–Crippen LogP) is 3.05. The summed E-state index contributed by atoms with van der Waals surface area (Å²) < 4.78 is 5.97. The van der Waals surface area contributed by atoms with Crippen LogP contribution in [0.15, 0.2) is 46.9 Å². The maximum absolute atomic E-state index is 12.5. The fraction of sp³-hybridized carbons (Fsp3) is 0.333. The molecule has 7 heteroatoms. The van der Waals surface area contributed by atoms with Crippen molar-refractivity contribution in [1.82, 2.24) is 0 Å². The summed E-state index contributed by atoms with van der Waals surface area (Å²) in [6.07, 6.45) is -0.0139. The predicted molar refractivity (Wildman–Crippen MR) is 88.8 cm³/mol. The molecule has 0 unspecified atom stereocenters. The summed E-state index contributed by atoms with van der Waals surface area (Å²) >= 11 is 0. The molecule has 128 valence electrons. The molecular weight excluding hydrogens is 322 g/mol. The number of ketones is 1. The van der Waals surface area contributed by atoms with Crippen LogP contribution in [0.4, 0.5) is 5.69 Å². The molecular formula is C18H17N3O4. The Morgan fingerprint density at radius 1 is 1.40 bits per heavy atom. The summed E-state index contributed by atoms with van der Waals surface area (Å²) in [5, 5.41) is 20.5. The summed E-state index contributed by atoms with van der Waals surface area (Å²) in [6, 6.07) is 7.89. The van der Waals surface area contributed by atoms with Gasteiger partial charge < -0.3 is 10.5 Å². The van der Waals surface area contributed by atoms with Gasteiger partial charge in [0.05, 0.1) is 21.8 Å². The minimum Gasteiger partial charge on any atom is -0.484 e. The smallest absolute Gasteiger partial charge is 0.269 e. The van der Waals surface area contributed by atoms with Gasteiger partial charge in [-0.3, -0.25) is 14.9 Å². The third-order valence-electron chi connectivity index (χ3n) is 4.42. The minimum atomic E-state index is -0.856. The van der Waals surface area contributed by atoms with Crippen molar-refractivity contribution in [2.75, 3.05) is 0 Å². The molecule has 2 aliphatic rings. The molecule has 3 rings (SSSR count). The van der Waals surface area contributed by atoms with Gasteiger partial charge in [0.2, 0.25) is 0 Å². The quantitative estimate of drug-likeness (QED) is 0.653. The van der Waals surface area contributed by atoms with E-state index in [1.165, 1.54) is 18.2 Å². The molecule has 0 saturated heterocycles. The van der Waals surface area contributed by atoms with Crippen LogP contribution in [0.2, 0.25) is 0 Å². The Labute approximate surface area is 144 Å². The number of hydrogen-bond donors (Lipinski definition) is 1. The van der Waals surface area contributed by atoms with Crippen LogP contribution in [0.3, 0.4) is 0 Å². The number of nitrogens with zero attached hydrogens (tertiary/aromatic N) is 2. The molecule has 1 atom stereocenters. The molecule has 0 bridgehead atoms. The van der Waals surface area contributed by atoms with Crippen molar-refractivity contribution in [3.8, 4) is 6.07 Å². The molecule has 0 aromatic heterocycles. The fourth-order valence-corrected chi connectivity index (χ4v) is 3.30. The lowest BCUT2D eigenvalue weighted by atomic mass is 9.74. The Morgan fingerprint density at radius 3 is 2.76 bits per heavy atom. The van der Waals surface area contributed by atoms with Gasteiger partial charge in [-0.15, -0.1) is 0 Å². The highest BCUT2D eigenvalue weighted by atomic mass is 16.6. The Balaban J connectivity index is 2.10. The van der Waals surface area contributed by atoms with Crippen molar-refractivity contribution >= 4 is 11.5 Å². The van der Waals surface area contributed by atoms with Crippen LogP contribution >= 0.6 is 0 Å². The van der Waals surface area contributed by atoms with Gasteiger partial charge in [0.25, 0.3) is 5.69 Å². The number of carbonyl (C=O) groups excluding carboxylic acids is 1. The third kappa shape index (κ3) is 2.87. The molecule has 0 fully saturated rings. The second-order valence-corrected chi connectivity index (χ2v) is 7.03. The SMILES string of the molecule is CC1(C)CC(=O)C2=C(C1)O[C@H](c1cccc([N+](=O)[O-])c1)C(C#N)=C2N. The van der Waals surface area contributed by atoms with E-state index in [0.717, 1.165) is 0 Å². The maximum Gasteiger partial charge on any atom is 0.269 e. The van der Waals surface area contributed by atoms with Crippen molar-refractivity contribution in [1.29, 1.82) is 5.26 Å². The maximum atomic E-state index is 12.5. The number of allylic oxidation sites excluding steroid dienone is 2. The number of carbonyl (C=O) groups is 1. The summed E-state index contributed by atoms with van der Waals surface area (Å²) in [7, 11) is 0. The molecule has 25 heavy (non-hydrogen) atoms. The first kappa shape index (κ1) is 16.7. The molecule has 1 aromatic rings. The molecule has 7 nitrogen and oxygen atoms in total. The van der Waals surface area contributed by atoms with E-state index in [1.807, 2.05) is 19.9 Å². The number of benzene rings is 1. The van der Waals surface area contributed by atoms with Gasteiger partial charge in [-0.25, -0.2) is 0 Å². The number of nitriles is 1. The van der Waals surface area contributed by atoms with E-state index in [9.17, 15) is 20.2 Å². The zero-order valence-corrected chi connectivity index (χ0v) is 13.9. The summed E-state index contributed by atoms with van der Waals surface area (Å²) in [4.78, 5) is 23.0. The number of nitro benzene ring substituents is 1. The molecule has 2 N–H and O–H groups in total. The number of ether oxygens (including phenoxy) is 1. The van der Waals surface area contributed by atoms with Gasteiger partial charge in [-0.05, 0) is 5.41 Å². The van der Waals surface area contributed by atoms with Gasteiger partial charge in [0.15, 0.2) is 11.9 Å². The van der Waals surface area contributed by atoms with E-state index < -0.39 is 11.0 Å². The summed E-state index contributed by atoms with van der Waals surface area (Å²) in [5.74, 6) is 0.309. The Kier molecular flexibility index (Phi) is 3.84. The van der Waals surface area contributed by atoms with Crippen LogP contribution in [0, 0.1) is 26.9 Å². The molecule has 1 heterocycles. The molecule has 0 spiro atoms. The number of nitro groups is 1. The van der Waals surface area contributed by atoms with Crippen molar-refractivity contribution in [3.05, 3.63) is 62.5 Å². The Bertz CT molecular complexity index is 890. The van der Waals surface area contributed by atoms with Crippen molar-refractivity contribution < 1.29 is 14.5 Å². The number of nitrogens with two attached hydrogens (primary N) is 1. The molecule has 0 saturated carbocycles. The number of non-ortho nitro benzene ring substituents is 1. The summed E-state index contributed by atoms with van der Waals surface area (Å²) in [5.41, 5.74) is 6.69. The van der Waals surface area contributed by atoms with E-state index in [4.69, 9.17) is 10.5 Å².